The minimum Gasteiger partial charge on any atom is -0.351 e. The summed E-state index contributed by atoms with van der Waals surface area (Å²) >= 11 is 0. The first-order chi connectivity index (χ1) is 10.6. The SMILES string of the molecule is Cc1nn(CC(=O)N[C@@H]2CCC[C@H](C)[C@@H]2C)c2ccccc12. The van der Waals surface area contributed by atoms with Crippen molar-refractivity contribution >= 4 is 16.8 Å². The van der Waals surface area contributed by atoms with E-state index in [0.717, 1.165) is 23.0 Å². The number of benzene rings is 1. The highest BCUT2D eigenvalue weighted by atomic mass is 16.2. The average molecular weight is 299 g/mol. The van der Waals surface area contributed by atoms with Gasteiger partial charge in [0.05, 0.1) is 11.2 Å². The molecule has 1 heterocycles. The highest BCUT2D eigenvalue weighted by molar-refractivity contribution is 5.84. The van der Waals surface area contributed by atoms with Crippen LogP contribution in [0, 0.1) is 18.8 Å². The van der Waals surface area contributed by atoms with Crippen LogP contribution in [0.3, 0.4) is 0 Å². The molecule has 118 valence electrons. The van der Waals surface area contributed by atoms with Crippen molar-refractivity contribution in [3.05, 3.63) is 30.0 Å². The molecule has 0 unspecified atom stereocenters. The van der Waals surface area contributed by atoms with E-state index in [1.54, 1.807) is 0 Å². The highest BCUT2D eigenvalue weighted by Gasteiger charge is 2.28. The Hall–Kier alpha value is -1.84. The molecule has 0 bridgehead atoms. The van der Waals surface area contributed by atoms with Crippen LogP contribution in [0.15, 0.2) is 24.3 Å². The second kappa shape index (κ2) is 6.11. The van der Waals surface area contributed by atoms with Gasteiger partial charge >= 0.3 is 0 Å². The van der Waals surface area contributed by atoms with Gasteiger partial charge in [-0.05, 0) is 31.2 Å². The molecule has 1 aromatic heterocycles. The second-order valence-electron chi connectivity index (χ2n) is 6.70. The van der Waals surface area contributed by atoms with Crippen molar-refractivity contribution < 1.29 is 4.79 Å². The fourth-order valence-electron chi connectivity index (χ4n) is 3.59. The number of carbonyl (C=O) groups excluding carboxylic acids is 1. The van der Waals surface area contributed by atoms with E-state index in [-0.39, 0.29) is 5.91 Å². The third-order valence-electron chi connectivity index (χ3n) is 5.19. The monoisotopic (exact) mass is 299 g/mol. The fourth-order valence-corrected chi connectivity index (χ4v) is 3.59. The molecule has 2 aromatic rings. The maximum atomic E-state index is 12.4. The maximum Gasteiger partial charge on any atom is 0.241 e. The zero-order valence-electron chi connectivity index (χ0n) is 13.7. The molecule has 22 heavy (non-hydrogen) atoms. The van der Waals surface area contributed by atoms with Crippen molar-refractivity contribution in [2.45, 2.75) is 52.6 Å². The number of aromatic nitrogens is 2. The molecule has 4 nitrogen and oxygen atoms in total. The van der Waals surface area contributed by atoms with Gasteiger partial charge in [-0.3, -0.25) is 9.48 Å². The smallest absolute Gasteiger partial charge is 0.241 e. The Balaban J connectivity index is 1.71. The maximum absolute atomic E-state index is 12.4. The van der Waals surface area contributed by atoms with Crippen molar-refractivity contribution in [3.63, 3.8) is 0 Å². The van der Waals surface area contributed by atoms with Gasteiger partial charge in [0.2, 0.25) is 5.91 Å². The van der Waals surface area contributed by atoms with Crippen molar-refractivity contribution in [2.75, 3.05) is 0 Å². The molecule has 1 aliphatic carbocycles. The first kappa shape index (κ1) is 15.1. The van der Waals surface area contributed by atoms with Crippen LogP contribution in [0.4, 0.5) is 0 Å². The number of amides is 1. The first-order valence-corrected chi connectivity index (χ1v) is 8.28. The lowest BCUT2D eigenvalue weighted by atomic mass is 9.78. The van der Waals surface area contributed by atoms with Gasteiger partial charge in [-0.2, -0.15) is 5.10 Å². The molecule has 1 N–H and O–H groups in total. The molecular formula is C18H25N3O. The summed E-state index contributed by atoms with van der Waals surface area (Å²) in [6.45, 7) is 6.82. The van der Waals surface area contributed by atoms with Gasteiger partial charge in [-0.25, -0.2) is 0 Å². The third-order valence-corrected chi connectivity index (χ3v) is 5.19. The van der Waals surface area contributed by atoms with Crippen molar-refractivity contribution in [3.8, 4) is 0 Å². The normalized spacial score (nSPS) is 25.3. The number of aryl methyl sites for hydroxylation is 1. The summed E-state index contributed by atoms with van der Waals surface area (Å²) in [4.78, 5) is 12.4. The molecule has 1 amide bonds. The molecule has 3 rings (SSSR count). The van der Waals surface area contributed by atoms with Crippen LogP contribution in [0.25, 0.3) is 10.9 Å². The minimum atomic E-state index is 0.0687. The summed E-state index contributed by atoms with van der Waals surface area (Å²) in [5, 5.41) is 8.85. The summed E-state index contributed by atoms with van der Waals surface area (Å²) in [6, 6.07) is 8.37. The summed E-state index contributed by atoms with van der Waals surface area (Å²) in [5.74, 6) is 1.31. The van der Waals surface area contributed by atoms with Crippen LogP contribution in [-0.2, 0) is 11.3 Å². The fraction of sp³-hybridized carbons (Fsp3) is 0.556. The van der Waals surface area contributed by atoms with Crippen LogP contribution in [0.1, 0.15) is 38.8 Å². The Labute approximate surface area is 131 Å². The van der Waals surface area contributed by atoms with E-state index >= 15 is 0 Å². The number of nitrogens with zero attached hydrogens (tertiary/aromatic N) is 2. The van der Waals surface area contributed by atoms with Crippen molar-refractivity contribution in [1.82, 2.24) is 15.1 Å². The van der Waals surface area contributed by atoms with E-state index in [0.29, 0.717) is 24.4 Å². The molecular weight excluding hydrogens is 274 g/mol. The summed E-state index contributed by atoms with van der Waals surface area (Å²) in [6.07, 6.45) is 3.58. The number of rotatable bonds is 3. The number of para-hydroxylation sites is 1. The molecule has 3 atom stereocenters. The molecule has 1 aromatic carbocycles. The zero-order valence-corrected chi connectivity index (χ0v) is 13.7. The Morgan fingerprint density at radius 2 is 2.09 bits per heavy atom. The van der Waals surface area contributed by atoms with Crippen LogP contribution >= 0.6 is 0 Å². The van der Waals surface area contributed by atoms with Crippen LogP contribution in [0.2, 0.25) is 0 Å². The topological polar surface area (TPSA) is 46.9 Å². The van der Waals surface area contributed by atoms with Gasteiger partial charge < -0.3 is 5.32 Å². The van der Waals surface area contributed by atoms with Crippen molar-refractivity contribution in [2.24, 2.45) is 11.8 Å². The van der Waals surface area contributed by atoms with Gasteiger partial charge in [0.25, 0.3) is 0 Å². The largest absolute Gasteiger partial charge is 0.351 e. The molecule has 0 spiro atoms. The van der Waals surface area contributed by atoms with E-state index in [1.807, 2.05) is 29.8 Å². The molecule has 0 aliphatic heterocycles. The van der Waals surface area contributed by atoms with E-state index in [1.165, 1.54) is 12.8 Å². The number of fused-ring (bicyclic) bond motifs is 1. The lowest BCUT2D eigenvalue weighted by molar-refractivity contribution is -0.123. The number of hydrogen-bond donors (Lipinski definition) is 1. The van der Waals surface area contributed by atoms with E-state index in [2.05, 4.69) is 30.3 Å². The van der Waals surface area contributed by atoms with Crippen LogP contribution < -0.4 is 5.32 Å². The molecule has 1 fully saturated rings. The summed E-state index contributed by atoms with van der Waals surface area (Å²) in [5.41, 5.74) is 2.00. The highest BCUT2D eigenvalue weighted by Crippen LogP contribution is 2.29. The number of nitrogens with one attached hydrogen (secondary N) is 1. The minimum absolute atomic E-state index is 0.0687. The summed E-state index contributed by atoms with van der Waals surface area (Å²) in [7, 11) is 0. The number of carbonyl (C=O) groups is 1. The standard InChI is InChI=1S/C18H25N3O/c1-12-7-6-9-16(13(12)2)19-18(22)11-21-17-10-5-4-8-15(17)14(3)20-21/h4-5,8,10,12-13,16H,6-7,9,11H2,1-3H3,(H,19,22)/t12-,13-,16+/m0/s1. The van der Waals surface area contributed by atoms with Gasteiger partial charge in [0, 0.05) is 11.4 Å². The average Bonchev–Trinajstić information content (AvgIpc) is 2.81. The quantitative estimate of drug-likeness (QED) is 0.945. The zero-order chi connectivity index (χ0) is 15.7. The lowest BCUT2D eigenvalue weighted by Crippen LogP contribution is -2.44. The molecule has 4 heteroatoms. The van der Waals surface area contributed by atoms with Gasteiger partial charge in [0.1, 0.15) is 6.54 Å². The Kier molecular flexibility index (Phi) is 4.19. The Morgan fingerprint density at radius 1 is 1.32 bits per heavy atom. The molecule has 0 saturated heterocycles. The summed E-state index contributed by atoms with van der Waals surface area (Å²) < 4.78 is 1.82. The van der Waals surface area contributed by atoms with Gasteiger partial charge in [0.15, 0.2) is 0 Å². The van der Waals surface area contributed by atoms with Crippen LogP contribution in [-0.4, -0.2) is 21.7 Å². The second-order valence-corrected chi connectivity index (χ2v) is 6.70. The first-order valence-electron chi connectivity index (χ1n) is 8.28. The Morgan fingerprint density at radius 3 is 2.91 bits per heavy atom. The van der Waals surface area contributed by atoms with Crippen LogP contribution in [0.5, 0.6) is 0 Å². The predicted molar refractivity (Wildman–Crippen MR) is 88.6 cm³/mol. The molecule has 1 aliphatic rings. The molecule has 1 saturated carbocycles. The predicted octanol–water partition coefficient (Wildman–Crippen LogP) is 3.29. The molecule has 0 radical (unpaired) electrons. The number of hydrogen-bond acceptors (Lipinski definition) is 2. The lowest BCUT2D eigenvalue weighted by Gasteiger charge is -2.34. The van der Waals surface area contributed by atoms with E-state index in [9.17, 15) is 4.79 Å². The van der Waals surface area contributed by atoms with Gasteiger partial charge in [-0.1, -0.05) is 44.9 Å². The van der Waals surface area contributed by atoms with Gasteiger partial charge in [-0.15, -0.1) is 0 Å². The third kappa shape index (κ3) is 2.87. The van der Waals surface area contributed by atoms with E-state index < -0.39 is 0 Å². The van der Waals surface area contributed by atoms with Crippen molar-refractivity contribution in [1.29, 1.82) is 0 Å². The Bertz CT molecular complexity index is 676. The van der Waals surface area contributed by atoms with E-state index in [4.69, 9.17) is 0 Å².